The van der Waals surface area contributed by atoms with Crippen LogP contribution in [0.4, 0.5) is 0 Å². The number of rotatable bonds is 7. The molecule has 0 spiro atoms. The largest absolute Gasteiger partial charge is 0.496 e. The Hall–Kier alpha value is -3.53. The SMILES string of the molecule is COc1cccc(-n2nnn(C)c2=O)c1COc1ccc(-c2nn(C)c(SC)c2C)cc1C. The highest BCUT2D eigenvalue weighted by Crippen LogP contribution is 2.33. The lowest BCUT2D eigenvalue weighted by molar-refractivity contribution is 0.294. The molecule has 2 aromatic heterocycles. The van der Waals surface area contributed by atoms with Gasteiger partial charge >= 0.3 is 5.69 Å². The molecule has 0 N–H and O–H groups in total. The maximum absolute atomic E-state index is 12.4. The Morgan fingerprint density at radius 3 is 2.42 bits per heavy atom. The molecule has 172 valence electrons. The lowest BCUT2D eigenvalue weighted by atomic mass is 10.1. The third kappa shape index (κ3) is 4.13. The Bertz CT molecular complexity index is 1370. The molecule has 0 fully saturated rings. The topological polar surface area (TPSA) is 89.0 Å². The molecule has 0 bridgehead atoms. The maximum Gasteiger partial charge on any atom is 0.368 e. The lowest BCUT2D eigenvalue weighted by Gasteiger charge is -2.15. The van der Waals surface area contributed by atoms with E-state index in [-0.39, 0.29) is 12.3 Å². The number of ether oxygens (including phenoxy) is 2. The van der Waals surface area contributed by atoms with E-state index in [0.29, 0.717) is 17.0 Å². The summed E-state index contributed by atoms with van der Waals surface area (Å²) in [4.78, 5) is 12.4. The van der Waals surface area contributed by atoms with E-state index in [1.54, 1.807) is 38.1 Å². The molecule has 2 heterocycles. The first-order valence-electron chi connectivity index (χ1n) is 10.3. The summed E-state index contributed by atoms with van der Waals surface area (Å²) in [6, 6.07) is 11.5. The Balaban J connectivity index is 1.64. The second-order valence-corrected chi connectivity index (χ2v) is 8.43. The third-order valence-corrected chi connectivity index (χ3v) is 6.47. The van der Waals surface area contributed by atoms with Crippen molar-refractivity contribution in [3.63, 3.8) is 0 Å². The number of nitrogens with zero attached hydrogens (tertiary/aromatic N) is 6. The van der Waals surface area contributed by atoms with Crippen LogP contribution in [0.3, 0.4) is 0 Å². The number of hydrogen-bond acceptors (Lipinski definition) is 7. The highest BCUT2D eigenvalue weighted by atomic mass is 32.2. The Morgan fingerprint density at radius 2 is 1.82 bits per heavy atom. The van der Waals surface area contributed by atoms with E-state index in [4.69, 9.17) is 9.47 Å². The number of thioether (sulfide) groups is 1. The van der Waals surface area contributed by atoms with Gasteiger partial charge in [-0.1, -0.05) is 6.07 Å². The van der Waals surface area contributed by atoms with E-state index in [0.717, 1.165) is 33.2 Å². The fraction of sp³-hybridized carbons (Fsp3) is 0.304. The second-order valence-electron chi connectivity index (χ2n) is 7.63. The molecule has 2 aromatic carbocycles. The first-order chi connectivity index (χ1) is 15.8. The molecule has 0 amide bonds. The van der Waals surface area contributed by atoms with Crippen molar-refractivity contribution >= 4 is 11.8 Å². The summed E-state index contributed by atoms with van der Waals surface area (Å²) < 4.78 is 16.0. The van der Waals surface area contributed by atoms with Gasteiger partial charge in [-0.15, -0.1) is 11.8 Å². The van der Waals surface area contributed by atoms with E-state index in [1.807, 2.05) is 36.9 Å². The molecule has 0 unspecified atom stereocenters. The van der Waals surface area contributed by atoms with Gasteiger partial charge in [0.25, 0.3) is 0 Å². The quantitative estimate of drug-likeness (QED) is 0.386. The molecule has 4 rings (SSSR count). The molecule has 0 aliphatic heterocycles. The molecule has 9 nitrogen and oxygen atoms in total. The van der Waals surface area contributed by atoms with Crippen LogP contribution in [0.1, 0.15) is 16.7 Å². The molecular formula is C23H26N6O3S. The number of benzene rings is 2. The molecular weight excluding hydrogens is 440 g/mol. The summed E-state index contributed by atoms with van der Waals surface area (Å²) in [5.41, 5.74) is 5.07. The number of hydrogen-bond donors (Lipinski definition) is 0. The molecule has 0 saturated carbocycles. The summed E-state index contributed by atoms with van der Waals surface area (Å²) >= 11 is 1.68. The predicted molar refractivity (Wildman–Crippen MR) is 127 cm³/mol. The van der Waals surface area contributed by atoms with Gasteiger partial charge in [0.1, 0.15) is 18.1 Å². The van der Waals surface area contributed by atoms with Crippen molar-refractivity contribution < 1.29 is 9.47 Å². The first kappa shape index (κ1) is 22.7. The number of tetrazole rings is 1. The van der Waals surface area contributed by atoms with Gasteiger partial charge in [-0.25, -0.2) is 4.79 Å². The van der Waals surface area contributed by atoms with Crippen molar-refractivity contribution in [1.29, 1.82) is 0 Å². The molecule has 0 atom stereocenters. The van der Waals surface area contributed by atoms with E-state index < -0.39 is 0 Å². The summed E-state index contributed by atoms with van der Waals surface area (Å²) in [7, 11) is 5.10. The minimum absolute atomic E-state index is 0.196. The van der Waals surface area contributed by atoms with Crippen LogP contribution in [0.5, 0.6) is 11.5 Å². The minimum Gasteiger partial charge on any atom is -0.496 e. The van der Waals surface area contributed by atoms with Crippen LogP contribution in [0.15, 0.2) is 46.2 Å². The van der Waals surface area contributed by atoms with Crippen LogP contribution in [0, 0.1) is 13.8 Å². The van der Waals surface area contributed by atoms with Crippen molar-refractivity contribution in [2.45, 2.75) is 25.5 Å². The van der Waals surface area contributed by atoms with Crippen molar-refractivity contribution in [3.8, 4) is 28.4 Å². The molecule has 0 radical (unpaired) electrons. The summed E-state index contributed by atoms with van der Waals surface area (Å²) in [5.74, 6) is 1.34. The molecule has 33 heavy (non-hydrogen) atoms. The van der Waals surface area contributed by atoms with Gasteiger partial charge in [0, 0.05) is 25.2 Å². The number of aryl methyl sites for hydroxylation is 3. The molecule has 4 aromatic rings. The number of methoxy groups -OCH3 is 1. The van der Waals surface area contributed by atoms with Crippen LogP contribution in [0.25, 0.3) is 16.9 Å². The Labute approximate surface area is 195 Å². The van der Waals surface area contributed by atoms with Crippen molar-refractivity contribution in [2.24, 2.45) is 14.1 Å². The normalized spacial score (nSPS) is 11.1. The van der Waals surface area contributed by atoms with Gasteiger partial charge in [0.2, 0.25) is 0 Å². The second kappa shape index (κ2) is 9.14. The van der Waals surface area contributed by atoms with Crippen molar-refractivity contribution in [1.82, 2.24) is 29.6 Å². The van der Waals surface area contributed by atoms with E-state index in [1.165, 1.54) is 9.36 Å². The standard InChI is InChI=1S/C23H26N6O3S/c1-14-12-16(21-15(2)22(33-6)27(3)24-21)10-11-19(14)32-13-17-18(8-7-9-20(17)31-5)29-23(30)28(4)25-26-29/h7-12H,13H2,1-6H3. The minimum atomic E-state index is -0.347. The smallest absolute Gasteiger partial charge is 0.368 e. The van der Waals surface area contributed by atoms with Gasteiger partial charge in [-0.05, 0) is 66.4 Å². The lowest BCUT2D eigenvalue weighted by Crippen LogP contribution is -2.23. The van der Waals surface area contributed by atoms with E-state index in [2.05, 4.69) is 34.8 Å². The highest BCUT2D eigenvalue weighted by Gasteiger charge is 2.17. The molecule has 0 aliphatic carbocycles. The van der Waals surface area contributed by atoms with Crippen LogP contribution in [-0.2, 0) is 20.7 Å². The number of aromatic nitrogens is 6. The van der Waals surface area contributed by atoms with Gasteiger partial charge in [-0.3, -0.25) is 4.68 Å². The highest BCUT2D eigenvalue weighted by molar-refractivity contribution is 7.98. The Kier molecular flexibility index (Phi) is 6.28. The van der Waals surface area contributed by atoms with Crippen molar-refractivity contribution in [2.75, 3.05) is 13.4 Å². The van der Waals surface area contributed by atoms with Crippen LogP contribution in [0.2, 0.25) is 0 Å². The maximum atomic E-state index is 12.4. The van der Waals surface area contributed by atoms with Gasteiger partial charge in [0.15, 0.2) is 0 Å². The summed E-state index contributed by atoms with van der Waals surface area (Å²) in [5, 5.41) is 13.6. The van der Waals surface area contributed by atoms with E-state index >= 15 is 0 Å². The van der Waals surface area contributed by atoms with Crippen LogP contribution in [-0.4, -0.2) is 42.9 Å². The third-order valence-electron chi connectivity index (χ3n) is 5.51. The zero-order chi connectivity index (χ0) is 23.7. The van der Waals surface area contributed by atoms with Gasteiger partial charge in [-0.2, -0.15) is 14.5 Å². The van der Waals surface area contributed by atoms with Crippen molar-refractivity contribution in [3.05, 3.63) is 63.6 Å². The fourth-order valence-corrected chi connectivity index (χ4v) is 4.54. The zero-order valence-electron chi connectivity index (χ0n) is 19.5. The Morgan fingerprint density at radius 1 is 1.03 bits per heavy atom. The average Bonchev–Trinajstić information content (AvgIpc) is 3.29. The van der Waals surface area contributed by atoms with Gasteiger partial charge in [0.05, 0.1) is 29.1 Å². The first-order valence-corrected chi connectivity index (χ1v) is 11.5. The average molecular weight is 467 g/mol. The summed E-state index contributed by atoms with van der Waals surface area (Å²) in [6.45, 7) is 4.29. The summed E-state index contributed by atoms with van der Waals surface area (Å²) in [6.07, 6.45) is 2.05. The van der Waals surface area contributed by atoms with Gasteiger partial charge < -0.3 is 9.47 Å². The van der Waals surface area contributed by atoms with E-state index in [9.17, 15) is 4.79 Å². The predicted octanol–water partition coefficient (Wildman–Crippen LogP) is 3.29. The fourth-order valence-electron chi connectivity index (χ4n) is 3.84. The molecule has 0 saturated heterocycles. The monoisotopic (exact) mass is 466 g/mol. The molecule has 10 heteroatoms. The molecule has 0 aliphatic rings. The zero-order valence-corrected chi connectivity index (χ0v) is 20.3. The van der Waals surface area contributed by atoms with Crippen LogP contribution < -0.4 is 15.2 Å². The van der Waals surface area contributed by atoms with Crippen LogP contribution >= 0.6 is 11.8 Å².